The first-order valence-electron chi connectivity index (χ1n) is 5.45. The molecule has 86 valence electrons. The molecule has 0 aliphatic heterocycles. The maximum atomic E-state index is 11.5. The lowest BCUT2D eigenvalue weighted by Gasteiger charge is -2.09. The van der Waals surface area contributed by atoms with Crippen LogP contribution in [-0.2, 0) is 4.79 Å². The zero-order chi connectivity index (χ0) is 12.4. The van der Waals surface area contributed by atoms with Gasteiger partial charge in [-0.25, -0.2) is 4.79 Å². The third-order valence-corrected chi connectivity index (χ3v) is 2.65. The smallest absolute Gasteiger partial charge is 0.338 e. The van der Waals surface area contributed by atoms with Crippen molar-refractivity contribution in [2.75, 3.05) is 0 Å². The molecule has 0 bridgehead atoms. The number of fused-ring (bicyclic) bond motifs is 1. The van der Waals surface area contributed by atoms with Gasteiger partial charge in [0.2, 0.25) is 0 Å². The zero-order valence-corrected chi connectivity index (χ0v) is 9.99. The highest BCUT2D eigenvalue weighted by atomic mass is 16.5. The molecule has 17 heavy (non-hydrogen) atoms. The lowest BCUT2D eigenvalue weighted by atomic mass is 10.0. The summed E-state index contributed by atoms with van der Waals surface area (Å²) in [5.74, 6) is 0.193. The minimum Gasteiger partial charge on any atom is -0.423 e. The van der Waals surface area contributed by atoms with Crippen molar-refractivity contribution in [2.45, 2.75) is 13.8 Å². The molecule has 2 rings (SSSR count). The van der Waals surface area contributed by atoms with Gasteiger partial charge >= 0.3 is 5.97 Å². The van der Waals surface area contributed by atoms with Gasteiger partial charge in [-0.1, -0.05) is 36.9 Å². The zero-order valence-electron chi connectivity index (χ0n) is 9.99. The van der Waals surface area contributed by atoms with Crippen molar-refractivity contribution in [1.29, 1.82) is 0 Å². The van der Waals surface area contributed by atoms with Gasteiger partial charge in [0.25, 0.3) is 0 Å². The molecule has 0 fully saturated rings. The number of hydrogen-bond donors (Lipinski definition) is 0. The Balaban J connectivity index is 2.52. The topological polar surface area (TPSA) is 26.3 Å². The van der Waals surface area contributed by atoms with Crippen LogP contribution in [0.25, 0.3) is 10.8 Å². The van der Waals surface area contributed by atoms with Gasteiger partial charge in [-0.2, -0.15) is 0 Å². The average Bonchev–Trinajstić information content (AvgIpc) is 2.33. The van der Waals surface area contributed by atoms with Gasteiger partial charge < -0.3 is 4.74 Å². The highest BCUT2D eigenvalue weighted by Crippen LogP contribution is 2.28. The molecule has 0 aromatic heterocycles. The molecule has 0 aliphatic carbocycles. The van der Waals surface area contributed by atoms with E-state index >= 15 is 0 Å². The average molecular weight is 226 g/mol. The van der Waals surface area contributed by atoms with Crippen LogP contribution in [0.1, 0.15) is 12.5 Å². The predicted octanol–water partition coefficient (Wildman–Crippen LogP) is 3.63. The second-order valence-corrected chi connectivity index (χ2v) is 4.10. The van der Waals surface area contributed by atoms with Crippen molar-refractivity contribution in [1.82, 2.24) is 0 Å². The minimum absolute atomic E-state index is 0.390. The van der Waals surface area contributed by atoms with Crippen molar-refractivity contribution in [3.8, 4) is 5.75 Å². The van der Waals surface area contributed by atoms with Gasteiger partial charge in [-0.05, 0) is 30.9 Å². The second-order valence-electron chi connectivity index (χ2n) is 4.10. The number of benzene rings is 2. The van der Waals surface area contributed by atoms with E-state index < -0.39 is 0 Å². The van der Waals surface area contributed by atoms with Gasteiger partial charge in [-0.3, -0.25) is 0 Å². The number of esters is 1. The fourth-order valence-corrected chi connectivity index (χ4v) is 1.70. The summed E-state index contributed by atoms with van der Waals surface area (Å²) >= 11 is 0. The minimum atomic E-state index is -0.390. The summed E-state index contributed by atoms with van der Waals surface area (Å²) in [5.41, 5.74) is 1.56. The summed E-state index contributed by atoms with van der Waals surface area (Å²) in [6, 6.07) is 11.6. The Bertz CT molecular complexity index is 597. The predicted molar refractivity (Wildman–Crippen MR) is 69.1 cm³/mol. The fourth-order valence-electron chi connectivity index (χ4n) is 1.70. The Kier molecular flexibility index (Phi) is 2.96. The fraction of sp³-hybridized carbons (Fsp3) is 0.133. The lowest BCUT2D eigenvalue weighted by Crippen LogP contribution is -2.08. The third kappa shape index (κ3) is 2.21. The highest BCUT2D eigenvalue weighted by Gasteiger charge is 2.09. The molecule has 2 aromatic rings. The van der Waals surface area contributed by atoms with E-state index in [2.05, 4.69) is 6.58 Å². The highest BCUT2D eigenvalue weighted by molar-refractivity contribution is 5.95. The Labute approximate surface area is 101 Å². The Hall–Kier alpha value is -2.09. The second kappa shape index (κ2) is 4.42. The molecule has 2 heteroatoms. The number of rotatable bonds is 2. The maximum absolute atomic E-state index is 11.5. The van der Waals surface area contributed by atoms with E-state index in [9.17, 15) is 4.79 Å². The SMILES string of the molecule is C=C(C)C(=O)Oc1ccc(C)c2ccccc12. The molecule has 0 N–H and O–H groups in total. The number of ether oxygens (including phenoxy) is 1. The third-order valence-electron chi connectivity index (χ3n) is 2.65. The van der Waals surface area contributed by atoms with Gasteiger partial charge in [0.05, 0.1) is 0 Å². The van der Waals surface area contributed by atoms with Crippen LogP contribution in [0, 0.1) is 6.92 Å². The van der Waals surface area contributed by atoms with E-state index in [1.807, 2.05) is 43.3 Å². The molecule has 0 aliphatic rings. The molecule has 0 radical (unpaired) electrons. The Morgan fingerprint density at radius 1 is 1.12 bits per heavy atom. The standard InChI is InChI=1S/C15H14O2/c1-10(2)15(16)17-14-9-8-11(3)12-6-4-5-7-13(12)14/h4-9H,1H2,2-3H3. The van der Waals surface area contributed by atoms with Crippen LogP contribution in [0.3, 0.4) is 0 Å². The first-order chi connectivity index (χ1) is 8.09. The number of carbonyl (C=O) groups excluding carboxylic acids is 1. The molecule has 0 atom stereocenters. The molecule has 2 aromatic carbocycles. The van der Waals surface area contributed by atoms with E-state index in [1.165, 1.54) is 0 Å². The van der Waals surface area contributed by atoms with E-state index in [1.54, 1.807) is 6.92 Å². The van der Waals surface area contributed by atoms with Gasteiger partial charge in [0.1, 0.15) is 5.75 Å². The summed E-state index contributed by atoms with van der Waals surface area (Å²) in [4.78, 5) is 11.5. The summed E-state index contributed by atoms with van der Waals surface area (Å²) in [5, 5.41) is 2.04. The van der Waals surface area contributed by atoms with Crippen molar-refractivity contribution in [3.05, 3.63) is 54.1 Å². The summed E-state index contributed by atoms with van der Waals surface area (Å²) < 4.78 is 5.31. The normalized spacial score (nSPS) is 10.2. The van der Waals surface area contributed by atoms with Crippen LogP contribution in [0.2, 0.25) is 0 Å². The van der Waals surface area contributed by atoms with E-state index in [0.717, 1.165) is 16.3 Å². The van der Waals surface area contributed by atoms with Crippen LogP contribution < -0.4 is 4.74 Å². The molecule has 0 saturated carbocycles. The van der Waals surface area contributed by atoms with E-state index in [-0.39, 0.29) is 5.97 Å². The Morgan fingerprint density at radius 2 is 1.76 bits per heavy atom. The van der Waals surface area contributed by atoms with E-state index in [0.29, 0.717) is 11.3 Å². The summed E-state index contributed by atoms with van der Waals surface area (Å²) in [6.07, 6.45) is 0. The molecule has 2 nitrogen and oxygen atoms in total. The van der Waals surface area contributed by atoms with Gasteiger partial charge in [0.15, 0.2) is 0 Å². The quantitative estimate of drug-likeness (QED) is 0.444. The number of carbonyl (C=O) groups is 1. The van der Waals surface area contributed by atoms with Crippen molar-refractivity contribution in [2.24, 2.45) is 0 Å². The van der Waals surface area contributed by atoms with Crippen molar-refractivity contribution < 1.29 is 9.53 Å². The maximum Gasteiger partial charge on any atom is 0.338 e. The largest absolute Gasteiger partial charge is 0.423 e. The van der Waals surface area contributed by atoms with Gasteiger partial charge in [-0.15, -0.1) is 0 Å². The molecule has 0 unspecified atom stereocenters. The molecule has 0 heterocycles. The van der Waals surface area contributed by atoms with Crippen LogP contribution in [0.4, 0.5) is 0 Å². The van der Waals surface area contributed by atoms with Crippen LogP contribution in [0.15, 0.2) is 48.6 Å². The first kappa shape index (κ1) is 11.4. The summed E-state index contributed by atoms with van der Waals surface area (Å²) in [6.45, 7) is 7.25. The van der Waals surface area contributed by atoms with Crippen molar-refractivity contribution >= 4 is 16.7 Å². The number of aryl methyl sites for hydroxylation is 1. The molecular weight excluding hydrogens is 212 g/mol. The monoisotopic (exact) mass is 226 g/mol. The molecule has 0 spiro atoms. The van der Waals surface area contributed by atoms with Crippen molar-refractivity contribution in [3.63, 3.8) is 0 Å². The Morgan fingerprint density at radius 3 is 2.41 bits per heavy atom. The van der Waals surface area contributed by atoms with Crippen LogP contribution in [-0.4, -0.2) is 5.97 Å². The van der Waals surface area contributed by atoms with Gasteiger partial charge in [0, 0.05) is 11.0 Å². The molecule has 0 amide bonds. The lowest BCUT2D eigenvalue weighted by molar-refractivity contribution is -0.129. The van der Waals surface area contributed by atoms with Crippen LogP contribution >= 0.6 is 0 Å². The molecule has 0 saturated heterocycles. The molecular formula is C15H14O2. The van der Waals surface area contributed by atoms with Crippen LogP contribution in [0.5, 0.6) is 5.75 Å². The van der Waals surface area contributed by atoms with E-state index in [4.69, 9.17) is 4.74 Å². The first-order valence-corrected chi connectivity index (χ1v) is 5.45. The number of hydrogen-bond acceptors (Lipinski definition) is 2. The summed E-state index contributed by atoms with van der Waals surface area (Å²) in [7, 11) is 0.